The maximum Gasteiger partial charge on any atom is 0.176 e. The zero-order chi connectivity index (χ0) is 13.2. The predicted molar refractivity (Wildman–Crippen MR) is 74.7 cm³/mol. The summed E-state index contributed by atoms with van der Waals surface area (Å²) in [5.74, 6) is 1.29. The third-order valence-corrected chi connectivity index (χ3v) is 4.09. The molecule has 2 heterocycles. The second-order valence-corrected chi connectivity index (χ2v) is 5.22. The lowest BCUT2D eigenvalue weighted by atomic mass is 10.1. The Hall–Kier alpha value is -1.94. The van der Waals surface area contributed by atoms with Gasteiger partial charge in [0.15, 0.2) is 5.78 Å². The summed E-state index contributed by atoms with van der Waals surface area (Å²) in [6.45, 7) is 1.89. The number of ketones is 1. The van der Waals surface area contributed by atoms with Gasteiger partial charge >= 0.3 is 0 Å². The van der Waals surface area contributed by atoms with Crippen molar-refractivity contribution < 1.29 is 13.6 Å². The Bertz CT molecular complexity index is 724. The SMILES string of the molecule is Cc1occc1SCC(=O)c1coc2ccccc12. The summed E-state index contributed by atoms with van der Waals surface area (Å²) in [7, 11) is 0. The number of benzene rings is 1. The first-order valence-corrected chi connectivity index (χ1v) is 6.90. The van der Waals surface area contributed by atoms with Crippen molar-refractivity contribution in [2.75, 3.05) is 5.75 Å². The highest BCUT2D eigenvalue weighted by atomic mass is 32.2. The number of carbonyl (C=O) groups is 1. The van der Waals surface area contributed by atoms with Crippen LogP contribution in [0.2, 0.25) is 0 Å². The Balaban J connectivity index is 1.79. The molecule has 0 spiro atoms. The van der Waals surface area contributed by atoms with E-state index in [1.165, 1.54) is 18.0 Å². The van der Waals surface area contributed by atoms with Gasteiger partial charge in [-0.05, 0) is 19.1 Å². The standard InChI is InChI=1S/C15H12O3S/c1-10-15(6-7-17-10)19-9-13(16)12-8-18-14-5-3-2-4-11(12)14/h2-8H,9H2,1H3. The zero-order valence-corrected chi connectivity index (χ0v) is 11.2. The van der Waals surface area contributed by atoms with Crippen molar-refractivity contribution in [3.63, 3.8) is 0 Å². The van der Waals surface area contributed by atoms with Crippen molar-refractivity contribution in [3.8, 4) is 0 Å². The summed E-state index contributed by atoms with van der Waals surface area (Å²) in [6.07, 6.45) is 3.17. The van der Waals surface area contributed by atoms with E-state index in [-0.39, 0.29) is 5.78 Å². The maximum atomic E-state index is 12.2. The number of thioether (sulfide) groups is 1. The normalized spacial score (nSPS) is 11.0. The van der Waals surface area contributed by atoms with Gasteiger partial charge < -0.3 is 8.83 Å². The smallest absolute Gasteiger partial charge is 0.176 e. The van der Waals surface area contributed by atoms with E-state index < -0.39 is 0 Å². The zero-order valence-electron chi connectivity index (χ0n) is 10.4. The highest BCUT2D eigenvalue weighted by Gasteiger charge is 2.14. The van der Waals surface area contributed by atoms with Crippen LogP contribution in [0.3, 0.4) is 0 Å². The van der Waals surface area contributed by atoms with E-state index in [1.54, 1.807) is 6.26 Å². The van der Waals surface area contributed by atoms with Gasteiger partial charge in [-0.3, -0.25) is 4.79 Å². The number of fused-ring (bicyclic) bond motifs is 1. The average molecular weight is 272 g/mol. The van der Waals surface area contributed by atoms with Crippen LogP contribution in [0.5, 0.6) is 0 Å². The van der Waals surface area contributed by atoms with Crippen LogP contribution < -0.4 is 0 Å². The molecule has 3 aromatic rings. The van der Waals surface area contributed by atoms with Crippen LogP contribution in [-0.4, -0.2) is 11.5 Å². The molecule has 0 fully saturated rings. The van der Waals surface area contributed by atoms with Crippen molar-refractivity contribution >= 4 is 28.5 Å². The molecule has 0 aliphatic carbocycles. The number of carbonyl (C=O) groups excluding carboxylic acids is 1. The molecule has 0 unspecified atom stereocenters. The number of Topliss-reactive ketones (excluding diaryl/α,β-unsaturated/α-hetero) is 1. The van der Waals surface area contributed by atoms with Crippen molar-refractivity contribution in [2.24, 2.45) is 0 Å². The van der Waals surface area contributed by atoms with Gasteiger partial charge in [-0.2, -0.15) is 0 Å². The van der Waals surface area contributed by atoms with E-state index in [4.69, 9.17) is 8.83 Å². The minimum absolute atomic E-state index is 0.0653. The summed E-state index contributed by atoms with van der Waals surface area (Å²) in [4.78, 5) is 13.2. The van der Waals surface area contributed by atoms with Gasteiger partial charge in [-0.15, -0.1) is 11.8 Å². The lowest BCUT2D eigenvalue weighted by molar-refractivity contribution is 0.102. The summed E-state index contributed by atoms with van der Waals surface area (Å²) in [5.41, 5.74) is 1.39. The molecule has 0 aliphatic heterocycles. The number of hydrogen-bond acceptors (Lipinski definition) is 4. The summed E-state index contributed by atoms with van der Waals surface area (Å²) < 4.78 is 10.6. The van der Waals surface area contributed by atoms with Crippen LogP contribution in [0, 0.1) is 6.92 Å². The molecule has 3 nitrogen and oxygen atoms in total. The van der Waals surface area contributed by atoms with Crippen molar-refractivity contribution in [3.05, 3.63) is 54.2 Å². The molecule has 0 saturated carbocycles. The van der Waals surface area contributed by atoms with Gasteiger partial charge in [0, 0.05) is 10.3 Å². The molecule has 0 saturated heterocycles. The topological polar surface area (TPSA) is 43.4 Å². The van der Waals surface area contributed by atoms with Crippen LogP contribution in [0.15, 0.2) is 56.6 Å². The molecular formula is C15H12O3S. The van der Waals surface area contributed by atoms with Crippen molar-refractivity contribution in [2.45, 2.75) is 11.8 Å². The molecule has 19 heavy (non-hydrogen) atoms. The molecule has 3 rings (SSSR count). The van der Waals surface area contributed by atoms with Crippen LogP contribution in [0.1, 0.15) is 16.1 Å². The average Bonchev–Trinajstić information content (AvgIpc) is 3.02. The molecular weight excluding hydrogens is 260 g/mol. The first-order valence-electron chi connectivity index (χ1n) is 5.92. The fraction of sp³-hybridized carbons (Fsp3) is 0.133. The van der Waals surface area contributed by atoms with Crippen LogP contribution in [-0.2, 0) is 0 Å². The van der Waals surface area contributed by atoms with Crippen LogP contribution in [0.4, 0.5) is 0 Å². The van der Waals surface area contributed by atoms with Crippen LogP contribution in [0.25, 0.3) is 11.0 Å². The molecule has 96 valence electrons. The fourth-order valence-electron chi connectivity index (χ4n) is 1.94. The Labute approximate surface area is 114 Å². The maximum absolute atomic E-state index is 12.2. The van der Waals surface area contributed by atoms with E-state index in [0.29, 0.717) is 11.3 Å². The summed E-state index contributed by atoms with van der Waals surface area (Å²) >= 11 is 1.48. The van der Waals surface area contributed by atoms with Gasteiger partial charge in [0.1, 0.15) is 17.6 Å². The third kappa shape index (κ3) is 2.31. The first kappa shape index (κ1) is 12.1. The number of furan rings is 2. The predicted octanol–water partition coefficient (Wildman–Crippen LogP) is 4.31. The Morgan fingerprint density at radius 3 is 2.84 bits per heavy atom. The Morgan fingerprint density at radius 1 is 1.21 bits per heavy atom. The molecule has 1 aromatic carbocycles. The van der Waals surface area contributed by atoms with E-state index >= 15 is 0 Å². The summed E-state index contributed by atoms with van der Waals surface area (Å²) in [5, 5.41) is 0.872. The highest BCUT2D eigenvalue weighted by molar-refractivity contribution is 8.00. The molecule has 0 aliphatic rings. The Morgan fingerprint density at radius 2 is 2.05 bits per heavy atom. The number of aryl methyl sites for hydroxylation is 1. The van der Waals surface area contributed by atoms with E-state index in [2.05, 4.69) is 0 Å². The van der Waals surface area contributed by atoms with Gasteiger partial charge in [-0.1, -0.05) is 18.2 Å². The van der Waals surface area contributed by atoms with Gasteiger partial charge in [0.05, 0.1) is 17.6 Å². The third-order valence-electron chi connectivity index (χ3n) is 2.95. The number of rotatable bonds is 4. The highest BCUT2D eigenvalue weighted by Crippen LogP contribution is 2.26. The number of hydrogen-bond donors (Lipinski definition) is 0. The largest absolute Gasteiger partial charge is 0.468 e. The molecule has 2 aromatic heterocycles. The van der Waals surface area contributed by atoms with E-state index in [1.807, 2.05) is 37.3 Å². The summed E-state index contributed by atoms with van der Waals surface area (Å²) in [6, 6.07) is 9.44. The lowest BCUT2D eigenvalue weighted by Gasteiger charge is -1.98. The molecule has 0 amide bonds. The number of para-hydroxylation sites is 1. The minimum Gasteiger partial charge on any atom is -0.468 e. The van der Waals surface area contributed by atoms with E-state index in [0.717, 1.165) is 21.6 Å². The lowest BCUT2D eigenvalue weighted by Crippen LogP contribution is -2.01. The van der Waals surface area contributed by atoms with Gasteiger partial charge in [-0.25, -0.2) is 0 Å². The second kappa shape index (κ2) is 4.97. The fourth-order valence-corrected chi connectivity index (χ4v) is 2.78. The van der Waals surface area contributed by atoms with Gasteiger partial charge in [0.25, 0.3) is 0 Å². The minimum atomic E-state index is 0.0653. The van der Waals surface area contributed by atoms with Gasteiger partial charge in [0.2, 0.25) is 0 Å². The second-order valence-electron chi connectivity index (χ2n) is 4.20. The molecule has 0 bridgehead atoms. The molecule has 4 heteroatoms. The molecule has 0 radical (unpaired) electrons. The van der Waals surface area contributed by atoms with Crippen LogP contribution >= 0.6 is 11.8 Å². The molecule has 0 atom stereocenters. The van der Waals surface area contributed by atoms with E-state index in [9.17, 15) is 4.79 Å². The van der Waals surface area contributed by atoms with Crippen molar-refractivity contribution in [1.29, 1.82) is 0 Å². The first-order chi connectivity index (χ1) is 9.25. The quantitative estimate of drug-likeness (QED) is 0.524. The monoisotopic (exact) mass is 272 g/mol. The Kier molecular flexibility index (Phi) is 3.17. The molecule has 0 N–H and O–H groups in total. The van der Waals surface area contributed by atoms with Crippen molar-refractivity contribution in [1.82, 2.24) is 0 Å².